The van der Waals surface area contributed by atoms with Crippen molar-refractivity contribution < 1.29 is 15.2 Å². The molecule has 0 saturated carbocycles. The summed E-state index contributed by atoms with van der Waals surface area (Å²) in [5.41, 5.74) is 0.606. The van der Waals surface area contributed by atoms with Crippen molar-refractivity contribution in [2.24, 2.45) is 0 Å². The van der Waals surface area contributed by atoms with Gasteiger partial charge in [-0.1, -0.05) is 12.1 Å². The number of rotatable bonds is 3. The molecule has 1 aromatic carbocycles. The molecule has 0 spiro atoms. The molecule has 1 aliphatic heterocycles. The molecule has 17 heavy (non-hydrogen) atoms. The molecule has 1 saturated heterocycles. The molecule has 1 aromatic rings. The summed E-state index contributed by atoms with van der Waals surface area (Å²) in [4.78, 5) is 11.3. The summed E-state index contributed by atoms with van der Waals surface area (Å²) in [7, 11) is 0. The molecule has 1 fully saturated rings. The Kier molecular flexibility index (Phi) is 3.12. The van der Waals surface area contributed by atoms with Crippen LogP contribution in [0.25, 0.3) is 0 Å². The first kappa shape index (κ1) is 11.6. The zero-order valence-electron chi connectivity index (χ0n) is 9.48. The Morgan fingerprint density at radius 2 is 2.41 bits per heavy atom. The van der Waals surface area contributed by atoms with Crippen LogP contribution in [-0.2, 0) is 11.2 Å². The molecular formula is C13H14N2O2. The number of nitrogens with two attached hydrogens (primary N) is 1. The van der Waals surface area contributed by atoms with Gasteiger partial charge in [-0.15, -0.1) is 0 Å². The number of quaternary nitrogens is 1. The fraction of sp³-hybridized carbons (Fsp3) is 0.385. The minimum absolute atomic E-state index is 0.421. The van der Waals surface area contributed by atoms with E-state index in [1.807, 2.05) is 11.4 Å². The van der Waals surface area contributed by atoms with Crippen LogP contribution in [0.2, 0.25) is 0 Å². The third kappa shape index (κ3) is 2.29. The third-order valence-electron chi connectivity index (χ3n) is 3.34. The van der Waals surface area contributed by atoms with E-state index in [2.05, 4.69) is 6.07 Å². The Balaban J connectivity index is 2.24. The topological polar surface area (TPSA) is 80.5 Å². The lowest BCUT2D eigenvalue weighted by Crippen LogP contribution is -2.97. The first-order valence-corrected chi connectivity index (χ1v) is 5.71. The average molecular weight is 230 g/mol. The molecular weight excluding hydrogens is 216 g/mol. The van der Waals surface area contributed by atoms with E-state index in [1.54, 1.807) is 18.2 Å². The van der Waals surface area contributed by atoms with E-state index in [9.17, 15) is 9.90 Å². The summed E-state index contributed by atoms with van der Waals surface area (Å²) in [6.45, 7) is 0.825. The molecule has 1 aliphatic rings. The number of carbonyl (C=O) groups is 1. The smallest absolute Gasteiger partial charge is 0.140 e. The van der Waals surface area contributed by atoms with E-state index in [0.29, 0.717) is 18.4 Å². The first-order valence-electron chi connectivity index (χ1n) is 5.71. The van der Waals surface area contributed by atoms with Crippen LogP contribution < -0.4 is 10.4 Å². The van der Waals surface area contributed by atoms with Gasteiger partial charge in [0.1, 0.15) is 11.5 Å². The molecule has 0 amide bonds. The number of benzene rings is 1. The second-order valence-electron chi connectivity index (χ2n) is 4.53. The highest BCUT2D eigenvalue weighted by molar-refractivity contribution is 5.75. The van der Waals surface area contributed by atoms with Gasteiger partial charge in [-0.25, -0.2) is 0 Å². The highest BCUT2D eigenvalue weighted by Gasteiger charge is 2.39. The number of aliphatic carboxylic acids is 1. The maximum absolute atomic E-state index is 11.3. The molecule has 2 rings (SSSR count). The fourth-order valence-corrected chi connectivity index (χ4v) is 2.43. The SMILES string of the molecule is N#Cc1cccc(C[C@]2(C(=O)[O-])CCC[NH2+]2)c1. The molecule has 88 valence electrons. The number of nitrogens with zero attached hydrogens (tertiary/aromatic N) is 1. The average Bonchev–Trinajstić information content (AvgIpc) is 2.79. The zero-order valence-corrected chi connectivity index (χ0v) is 9.48. The summed E-state index contributed by atoms with van der Waals surface area (Å²) in [6.07, 6.45) is 1.95. The Morgan fingerprint density at radius 1 is 1.59 bits per heavy atom. The monoisotopic (exact) mass is 230 g/mol. The lowest BCUT2D eigenvalue weighted by Gasteiger charge is -2.27. The molecule has 0 bridgehead atoms. The van der Waals surface area contributed by atoms with Crippen LogP contribution in [-0.4, -0.2) is 18.1 Å². The quantitative estimate of drug-likeness (QED) is 0.719. The normalized spacial score (nSPS) is 23.2. The van der Waals surface area contributed by atoms with Crippen LogP contribution in [0, 0.1) is 11.3 Å². The van der Waals surface area contributed by atoms with Crippen molar-refractivity contribution in [3.05, 3.63) is 35.4 Å². The van der Waals surface area contributed by atoms with Crippen molar-refractivity contribution in [2.75, 3.05) is 6.54 Å². The second kappa shape index (κ2) is 4.56. The highest BCUT2D eigenvalue weighted by Crippen LogP contribution is 2.18. The zero-order chi connectivity index (χ0) is 12.3. The van der Waals surface area contributed by atoms with Crippen molar-refractivity contribution in [3.63, 3.8) is 0 Å². The van der Waals surface area contributed by atoms with Gasteiger partial charge in [0.15, 0.2) is 0 Å². The Morgan fingerprint density at radius 3 is 3.00 bits per heavy atom. The van der Waals surface area contributed by atoms with Gasteiger partial charge in [-0.05, 0) is 17.7 Å². The number of hydrogen-bond acceptors (Lipinski definition) is 3. The molecule has 1 atom stereocenters. The van der Waals surface area contributed by atoms with Crippen molar-refractivity contribution in [2.45, 2.75) is 24.8 Å². The van der Waals surface area contributed by atoms with Gasteiger partial charge in [0.05, 0.1) is 18.2 Å². The number of nitriles is 1. The number of carbonyl (C=O) groups excluding carboxylic acids is 1. The number of carboxylic acids is 1. The van der Waals surface area contributed by atoms with Gasteiger partial charge in [-0.2, -0.15) is 5.26 Å². The predicted molar refractivity (Wildman–Crippen MR) is 58.6 cm³/mol. The summed E-state index contributed by atoms with van der Waals surface area (Å²) >= 11 is 0. The summed E-state index contributed by atoms with van der Waals surface area (Å²) < 4.78 is 0. The van der Waals surface area contributed by atoms with Crippen LogP contribution in [0.3, 0.4) is 0 Å². The van der Waals surface area contributed by atoms with Gasteiger partial charge >= 0.3 is 0 Å². The van der Waals surface area contributed by atoms with E-state index < -0.39 is 11.5 Å². The molecule has 0 radical (unpaired) electrons. The largest absolute Gasteiger partial charge is 0.544 e. The van der Waals surface area contributed by atoms with Crippen molar-refractivity contribution in [1.82, 2.24) is 0 Å². The van der Waals surface area contributed by atoms with E-state index in [1.165, 1.54) is 0 Å². The molecule has 2 N–H and O–H groups in total. The van der Waals surface area contributed by atoms with Crippen LogP contribution in [0.1, 0.15) is 24.0 Å². The van der Waals surface area contributed by atoms with E-state index in [-0.39, 0.29) is 0 Å². The van der Waals surface area contributed by atoms with E-state index in [0.717, 1.165) is 18.5 Å². The van der Waals surface area contributed by atoms with E-state index in [4.69, 9.17) is 5.26 Å². The van der Waals surface area contributed by atoms with Crippen LogP contribution in [0.5, 0.6) is 0 Å². The fourth-order valence-electron chi connectivity index (χ4n) is 2.43. The first-order chi connectivity index (χ1) is 8.16. The Labute approximate surface area is 99.9 Å². The maximum Gasteiger partial charge on any atom is 0.140 e. The van der Waals surface area contributed by atoms with Crippen LogP contribution in [0.15, 0.2) is 24.3 Å². The lowest BCUT2D eigenvalue weighted by molar-refractivity contribution is -0.700. The molecule has 1 heterocycles. The maximum atomic E-state index is 11.3. The number of carboxylic acid groups (broad SMARTS) is 1. The molecule has 0 aliphatic carbocycles. The lowest BCUT2D eigenvalue weighted by atomic mass is 9.89. The molecule has 0 unspecified atom stereocenters. The van der Waals surface area contributed by atoms with Crippen molar-refractivity contribution in [3.8, 4) is 6.07 Å². The van der Waals surface area contributed by atoms with Crippen molar-refractivity contribution in [1.29, 1.82) is 5.26 Å². The highest BCUT2D eigenvalue weighted by atomic mass is 16.4. The van der Waals surface area contributed by atoms with E-state index >= 15 is 0 Å². The van der Waals surface area contributed by atoms with Gasteiger partial charge in [-0.3, -0.25) is 0 Å². The van der Waals surface area contributed by atoms with Crippen molar-refractivity contribution >= 4 is 5.97 Å². The Bertz CT molecular complexity index is 471. The van der Waals surface area contributed by atoms with Gasteiger partial charge in [0, 0.05) is 19.3 Å². The summed E-state index contributed by atoms with van der Waals surface area (Å²) in [6, 6.07) is 9.17. The summed E-state index contributed by atoms with van der Waals surface area (Å²) in [5, 5.41) is 21.9. The van der Waals surface area contributed by atoms with Crippen LogP contribution >= 0.6 is 0 Å². The second-order valence-corrected chi connectivity index (χ2v) is 4.53. The molecule has 0 aromatic heterocycles. The molecule has 4 heteroatoms. The van der Waals surface area contributed by atoms with Gasteiger partial charge in [0.2, 0.25) is 0 Å². The Hall–Kier alpha value is -1.86. The predicted octanol–water partition coefficient (Wildman–Crippen LogP) is -1.05. The van der Waals surface area contributed by atoms with Gasteiger partial charge < -0.3 is 15.2 Å². The van der Waals surface area contributed by atoms with Crippen LogP contribution in [0.4, 0.5) is 0 Å². The third-order valence-corrected chi connectivity index (χ3v) is 3.34. The standard InChI is InChI=1S/C13H14N2O2/c14-9-11-4-1-3-10(7-11)8-13(12(16)17)5-2-6-15-13/h1,3-4,7,15H,2,5-6,8H2,(H,16,17)/t13-/m0/s1. The molecule has 4 nitrogen and oxygen atoms in total. The minimum Gasteiger partial charge on any atom is -0.544 e. The number of hydrogen-bond donors (Lipinski definition) is 1. The minimum atomic E-state index is -1.00. The summed E-state index contributed by atoms with van der Waals surface area (Å²) in [5.74, 6) is -1.00. The van der Waals surface area contributed by atoms with Gasteiger partial charge in [0.25, 0.3) is 0 Å².